The van der Waals surface area contributed by atoms with Gasteiger partial charge in [-0.15, -0.1) is 0 Å². The maximum atomic E-state index is 11.7. The van der Waals surface area contributed by atoms with Crippen LogP contribution in [0.5, 0.6) is 0 Å². The van der Waals surface area contributed by atoms with Gasteiger partial charge in [0.1, 0.15) is 0 Å². The fourth-order valence-corrected chi connectivity index (χ4v) is 0.488. The summed E-state index contributed by atoms with van der Waals surface area (Å²) in [7, 11) is 0. The van der Waals surface area contributed by atoms with Gasteiger partial charge in [0.25, 0.3) is 5.89 Å². The Kier molecular flexibility index (Phi) is 1.77. The molecule has 0 aromatic carbocycles. The molecule has 0 amide bonds. The molecule has 4 heteroatoms. The molecule has 0 saturated carbocycles. The third-order valence-corrected chi connectivity index (χ3v) is 0.941. The molecule has 3 nitrogen and oxygen atoms in total. The van der Waals surface area contributed by atoms with Crippen LogP contribution in [0.2, 0.25) is 0 Å². The van der Waals surface area contributed by atoms with Gasteiger partial charge in [0.15, 0.2) is 12.5 Å². The van der Waals surface area contributed by atoms with E-state index in [1.165, 1.54) is 0 Å². The number of nitrogens with zero attached hydrogens (tertiary/aromatic N) is 2. The van der Waals surface area contributed by atoms with Crippen molar-refractivity contribution in [2.45, 2.75) is 20.0 Å². The summed E-state index contributed by atoms with van der Waals surface area (Å²) < 4.78 is 16.1. The molecule has 1 aromatic rings. The highest BCUT2D eigenvalue weighted by Gasteiger charge is 2.01. The highest BCUT2D eigenvalue weighted by atomic mass is 19.1. The Morgan fingerprint density at radius 3 is 2.78 bits per heavy atom. The second-order valence-electron chi connectivity index (χ2n) is 1.59. The number of hydrogen-bond donors (Lipinski definition) is 0. The molecule has 50 valence electrons. The molecule has 0 fully saturated rings. The van der Waals surface area contributed by atoms with Gasteiger partial charge in [-0.2, -0.15) is 4.98 Å². The second kappa shape index (κ2) is 2.57. The van der Waals surface area contributed by atoms with Gasteiger partial charge in [0.05, 0.1) is 0 Å². The van der Waals surface area contributed by atoms with E-state index in [9.17, 15) is 4.39 Å². The SMILES string of the molecule is CCc1noc(CF)n1. The molecule has 0 bridgehead atoms. The topological polar surface area (TPSA) is 38.9 Å². The van der Waals surface area contributed by atoms with Gasteiger partial charge in [-0.05, 0) is 0 Å². The van der Waals surface area contributed by atoms with Crippen LogP contribution >= 0.6 is 0 Å². The largest absolute Gasteiger partial charge is 0.336 e. The maximum absolute atomic E-state index is 11.7. The van der Waals surface area contributed by atoms with Crippen molar-refractivity contribution in [2.24, 2.45) is 0 Å². The minimum atomic E-state index is -0.674. The zero-order valence-corrected chi connectivity index (χ0v) is 5.09. The summed E-state index contributed by atoms with van der Waals surface area (Å²) in [6, 6.07) is 0. The molecule has 0 spiro atoms. The van der Waals surface area contributed by atoms with Crippen LogP contribution in [0.3, 0.4) is 0 Å². The van der Waals surface area contributed by atoms with E-state index < -0.39 is 6.67 Å². The van der Waals surface area contributed by atoms with Crippen molar-refractivity contribution in [1.29, 1.82) is 0 Å². The van der Waals surface area contributed by atoms with Crippen LogP contribution in [0.15, 0.2) is 4.52 Å². The van der Waals surface area contributed by atoms with E-state index >= 15 is 0 Å². The van der Waals surface area contributed by atoms with E-state index in [0.29, 0.717) is 12.2 Å². The van der Waals surface area contributed by atoms with Gasteiger partial charge in [-0.3, -0.25) is 0 Å². The normalized spacial score (nSPS) is 10.0. The lowest BCUT2D eigenvalue weighted by Gasteiger charge is -1.75. The lowest BCUT2D eigenvalue weighted by Crippen LogP contribution is -1.82. The molecule has 0 unspecified atom stereocenters. The highest BCUT2D eigenvalue weighted by Crippen LogP contribution is 1.98. The highest BCUT2D eigenvalue weighted by molar-refractivity contribution is 4.82. The summed E-state index contributed by atoms with van der Waals surface area (Å²) in [6.07, 6.45) is 0.684. The van der Waals surface area contributed by atoms with Crippen LogP contribution in [0.1, 0.15) is 18.6 Å². The van der Waals surface area contributed by atoms with Crippen LogP contribution in [0.25, 0.3) is 0 Å². The lowest BCUT2D eigenvalue weighted by atomic mass is 10.5. The van der Waals surface area contributed by atoms with Crippen molar-refractivity contribution in [2.75, 3.05) is 0 Å². The summed E-state index contributed by atoms with van der Waals surface area (Å²) in [4.78, 5) is 3.69. The standard InChI is InChI=1S/C5H7FN2O/c1-2-4-7-5(3-6)9-8-4/h2-3H2,1H3. The Morgan fingerprint density at radius 1 is 1.67 bits per heavy atom. The average Bonchev–Trinajstić information content (AvgIpc) is 2.34. The van der Waals surface area contributed by atoms with Crippen LogP contribution in [0.4, 0.5) is 4.39 Å². The van der Waals surface area contributed by atoms with Crippen LogP contribution in [-0.2, 0) is 13.1 Å². The van der Waals surface area contributed by atoms with Gasteiger partial charge in [-0.25, -0.2) is 4.39 Å². The van der Waals surface area contributed by atoms with E-state index in [1.54, 1.807) is 0 Å². The first-order valence-electron chi connectivity index (χ1n) is 2.74. The fraction of sp³-hybridized carbons (Fsp3) is 0.600. The zero-order chi connectivity index (χ0) is 6.69. The Morgan fingerprint density at radius 2 is 2.44 bits per heavy atom. The summed E-state index contributed by atoms with van der Waals surface area (Å²) in [5, 5.41) is 3.48. The first-order valence-corrected chi connectivity index (χ1v) is 2.74. The molecule has 0 N–H and O–H groups in total. The third kappa shape index (κ3) is 1.25. The van der Waals surface area contributed by atoms with Crippen LogP contribution in [-0.4, -0.2) is 10.1 Å². The van der Waals surface area contributed by atoms with Gasteiger partial charge in [0.2, 0.25) is 0 Å². The number of aryl methyl sites for hydroxylation is 1. The smallest absolute Gasteiger partial charge is 0.258 e. The molecule has 0 aliphatic rings. The quantitative estimate of drug-likeness (QED) is 0.601. The van der Waals surface area contributed by atoms with E-state index in [2.05, 4.69) is 14.7 Å². The van der Waals surface area contributed by atoms with Gasteiger partial charge in [-0.1, -0.05) is 12.1 Å². The summed E-state index contributed by atoms with van der Waals surface area (Å²) in [6.45, 7) is 1.21. The average molecular weight is 130 g/mol. The van der Waals surface area contributed by atoms with Crippen molar-refractivity contribution in [1.82, 2.24) is 10.1 Å². The minimum Gasteiger partial charge on any atom is -0.336 e. The van der Waals surface area contributed by atoms with Crippen molar-refractivity contribution in [3.05, 3.63) is 11.7 Å². The molecule has 0 atom stereocenters. The van der Waals surface area contributed by atoms with Crippen molar-refractivity contribution < 1.29 is 8.91 Å². The molecular formula is C5H7FN2O. The Hall–Kier alpha value is -0.930. The summed E-state index contributed by atoms with van der Waals surface area (Å²) >= 11 is 0. The third-order valence-electron chi connectivity index (χ3n) is 0.941. The summed E-state index contributed by atoms with van der Waals surface area (Å²) in [5.74, 6) is 0.620. The molecule has 1 aromatic heterocycles. The van der Waals surface area contributed by atoms with Gasteiger partial charge >= 0.3 is 0 Å². The first kappa shape index (κ1) is 6.19. The first-order chi connectivity index (χ1) is 4.36. The molecule has 9 heavy (non-hydrogen) atoms. The Balaban J connectivity index is 2.74. The fourth-order valence-electron chi connectivity index (χ4n) is 0.488. The molecule has 0 aliphatic heterocycles. The molecule has 1 heterocycles. The van der Waals surface area contributed by atoms with Gasteiger partial charge < -0.3 is 4.52 Å². The minimum absolute atomic E-state index is 0.0619. The summed E-state index contributed by atoms with van der Waals surface area (Å²) in [5.41, 5.74) is 0. The molecule has 0 aliphatic carbocycles. The Labute approximate surface area is 51.9 Å². The van der Waals surface area contributed by atoms with Crippen molar-refractivity contribution in [3.63, 3.8) is 0 Å². The number of hydrogen-bond acceptors (Lipinski definition) is 3. The second-order valence-corrected chi connectivity index (χ2v) is 1.59. The molecular weight excluding hydrogens is 123 g/mol. The predicted octanol–water partition coefficient (Wildman–Crippen LogP) is 1.10. The van der Waals surface area contributed by atoms with E-state index in [1.807, 2.05) is 6.92 Å². The molecule has 0 radical (unpaired) electrons. The number of alkyl halides is 1. The van der Waals surface area contributed by atoms with E-state index in [4.69, 9.17) is 0 Å². The van der Waals surface area contributed by atoms with Crippen molar-refractivity contribution >= 4 is 0 Å². The maximum Gasteiger partial charge on any atom is 0.258 e. The van der Waals surface area contributed by atoms with E-state index in [0.717, 1.165) is 0 Å². The molecule has 1 rings (SSSR count). The van der Waals surface area contributed by atoms with E-state index in [-0.39, 0.29) is 5.89 Å². The number of aromatic nitrogens is 2. The van der Waals surface area contributed by atoms with Gasteiger partial charge in [0, 0.05) is 6.42 Å². The number of halogens is 1. The monoisotopic (exact) mass is 130 g/mol. The van der Waals surface area contributed by atoms with Crippen LogP contribution < -0.4 is 0 Å². The number of rotatable bonds is 2. The predicted molar refractivity (Wildman–Crippen MR) is 28.5 cm³/mol. The Bertz CT molecular complexity index is 168. The van der Waals surface area contributed by atoms with Crippen LogP contribution in [0, 0.1) is 0 Å². The van der Waals surface area contributed by atoms with Crippen molar-refractivity contribution in [3.8, 4) is 0 Å². The zero-order valence-electron chi connectivity index (χ0n) is 5.09. The lowest BCUT2D eigenvalue weighted by molar-refractivity contribution is 0.320. The molecule has 0 saturated heterocycles.